The van der Waals surface area contributed by atoms with E-state index in [0.29, 0.717) is 12.1 Å². The number of nitrogens with two attached hydrogens (primary N) is 1. The van der Waals surface area contributed by atoms with E-state index >= 15 is 0 Å². The fraction of sp³-hybridized carbons (Fsp3) is 0.417. The predicted octanol–water partition coefficient (Wildman–Crippen LogP) is 1.32. The molecule has 1 aliphatic heterocycles. The van der Waals surface area contributed by atoms with Crippen molar-refractivity contribution in [2.24, 2.45) is 0 Å². The molecule has 1 saturated heterocycles. The summed E-state index contributed by atoms with van der Waals surface area (Å²) in [4.78, 5) is 11.8. The zero-order valence-corrected chi connectivity index (χ0v) is 9.41. The number of halogens is 1. The molecule has 1 aromatic rings. The number of amides is 1. The Bertz CT molecular complexity index is 417. The molecular formula is C12H15FN2O2. The number of anilines is 1. The first-order valence-corrected chi connectivity index (χ1v) is 5.61. The minimum Gasteiger partial charge on any atom is -0.398 e. The fourth-order valence-corrected chi connectivity index (χ4v) is 1.85. The highest BCUT2D eigenvalue weighted by Crippen LogP contribution is 2.14. The second kappa shape index (κ2) is 5.14. The van der Waals surface area contributed by atoms with E-state index in [2.05, 4.69) is 5.32 Å². The SMILES string of the molecule is Nc1cc(F)ccc1C(=O)NCC1CCCO1. The lowest BCUT2D eigenvalue weighted by atomic mass is 10.1. The summed E-state index contributed by atoms with van der Waals surface area (Å²) in [6, 6.07) is 3.74. The number of rotatable bonds is 3. The number of nitrogens with one attached hydrogen (secondary N) is 1. The first-order valence-electron chi connectivity index (χ1n) is 5.61. The number of hydrogen-bond donors (Lipinski definition) is 2. The van der Waals surface area contributed by atoms with Crippen LogP contribution >= 0.6 is 0 Å². The van der Waals surface area contributed by atoms with Gasteiger partial charge < -0.3 is 15.8 Å². The van der Waals surface area contributed by atoms with Gasteiger partial charge in [0.2, 0.25) is 0 Å². The molecule has 4 nitrogen and oxygen atoms in total. The van der Waals surface area contributed by atoms with Gasteiger partial charge in [-0.2, -0.15) is 0 Å². The molecule has 0 radical (unpaired) electrons. The van der Waals surface area contributed by atoms with E-state index in [1.54, 1.807) is 0 Å². The van der Waals surface area contributed by atoms with Crippen molar-refractivity contribution >= 4 is 11.6 Å². The number of carbonyl (C=O) groups excluding carboxylic acids is 1. The molecule has 0 saturated carbocycles. The maximum atomic E-state index is 12.8. The van der Waals surface area contributed by atoms with Crippen molar-refractivity contribution in [3.63, 3.8) is 0 Å². The van der Waals surface area contributed by atoms with Gasteiger partial charge in [-0.05, 0) is 31.0 Å². The van der Waals surface area contributed by atoms with Gasteiger partial charge in [-0.15, -0.1) is 0 Å². The highest BCUT2D eigenvalue weighted by Gasteiger charge is 2.17. The highest BCUT2D eigenvalue weighted by molar-refractivity contribution is 5.99. The minimum atomic E-state index is -0.446. The van der Waals surface area contributed by atoms with Gasteiger partial charge in [0, 0.05) is 18.8 Å². The fourth-order valence-electron chi connectivity index (χ4n) is 1.85. The molecule has 1 heterocycles. The normalized spacial score (nSPS) is 19.2. The molecule has 92 valence electrons. The molecular weight excluding hydrogens is 223 g/mol. The van der Waals surface area contributed by atoms with Crippen LogP contribution in [0.2, 0.25) is 0 Å². The molecule has 1 fully saturated rings. The number of nitrogen functional groups attached to an aromatic ring is 1. The standard InChI is InChI=1S/C12H15FN2O2/c13-8-3-4-10(11(14)6-8)12(16)15-7-9-2-1-5-17-9/h3-4,6,9H,1-2,5,7,14H2,(H,15,16). The lowest BCUT2D eigenvalue weighted by molar-refractivity contribution is 0.0858. The lowest BCUT2D eigenvalue weighted by Crippen LogP contribution is -2.32. The Balaban J connectivity index is 1.94. The molecule has 1 aromatic carbocycles. The largest absolute Gasteiger partial charge is 0.398 e. The van der Waals surface area contributed by atoms with Crippen LogP contribution in [0.1, 0.15) is 23.2 Å². The van der Waals surface area contributed by atoms with Crippen LogP contribution in [-0.4, -0.2) is 25.2 Å². The number of ether oxygens (including phenoxy) is 1. The van der Waals surface area contributed by atoms with Crippen LogP contribution in [0.5, 0.6) is 0 Å². The summed E-state index contributed by atoms with van der Waals surface area (Å²) in [6.07, 6.45) is 2.07. The summed E-state index contributed by atoms with van der Waals surface area (Å²) in [5, 5.41) is 2.73. The quantitative estimate of drug-likeness (QED) is 0.780. The predicted molar refractivity (Wildman–Crippen MR) is 62.1 cm³/mol. The second-order valence-electron chi connectivity index (χ2n) is 4.08. The Hall–Kier alpha value is -1.62. The van der Waals surface area contributed by atoms with E-state index in [-0.39, 0.29) is 17.7 Å². The van der Waals surface area contributed by atoms with Gasteiger partial charge in [-0.25, -0.2) is 4.39 Å². The highest BCUT2D eigenvalue weighted by atomic mass is 19.1. The molecule has 3 N–H and O–H groups in total. The number of benzene rings is 1. The van der Waals surface area contributed by atoms with Crippen LogP contribution in [0.4, 0.5) is 10.1 Å². The van der Waals surface area contributed by atoms with E-state index < -0.39 is 5.82 Å². The van der Waals surface area contributed by atoms with Crippen LogP contribution < -0.4 is 11.1 Å². The monoisotopic (exact) mass is 238 g/mol. The first-order chi connectivity index (χ1) is 8.16. The molecule has 0 spiro atoms. The summed E-state index contributed by atoms with van der Waals surface area (Å²) in [5.74, 6) is -0.740. The van der Waals surface area contributed by atoms with Crippen LogP contribution in [0.15, 0.2) is 18.2 Å². The van der Waals surface area contributed by atoms with Gasteiger partial charge >= 0.3 is 0 Å². The van der Waals surface area contributed by atoms with Gasteiger partial charge in [0.1, 0.15) is 5.82 Å². The molecule has 0 aliphatic carbocycles. The van der Waals surface area contributed by atoms with Crippen molar-refractivity contribution in [3.8, 4) is 0 Å². The van der Waals surface area contributed by atoms with Crippen molar-refractivity contribution in [1.82, 2.24) is 5.32 Å². The summed E-state index contributed by atoms with van der Waals surface area (Å²) in [7, 11) is 0. The molecule has 0 bridgehead atoms. The third-order valence-electron chi connectivity index (χ3n) is 2.77. The van der Waals surface area contributed by atoms with Gasteiger partial charge in [-0.3, -0.25) is 4.79 Å². The Labute approximate surface area is 98.9 Å². The van der Waals surface area contributed by atoms with Crippen molar-refractivity contribution < 1.29 is 13.9 Å². The Morgan fingerprint density at radius 1 is 1.59 bits per heavy atom. The zero-order valence-electron chi connectivity index (χ0n) is 9.41. The van der Waals surface area contributed by atoms with Crippen molar-refractivity contribution in [2.75, 3.05) is 18.9 Å². The maximum absolute atomic E-state index is 12.8. The van der Waals surface area contributed by atoms with E-state index in [0.717, 1.165) is 25.5 Å². The van der Waals surface area contributed by atoms with Crippen LogP contribution in [0, 0.1) is 5.82 Å². The average Bonchev–Trinajstić information content (AvgIpc) is 2.78. The maximum Gasteiger partial charge on any atom is 0.253 e. The Kier molecular flexibility index (Phi) is 3.58. The van der Waals surface area contributed by atoms with Crippen LogP contribution in [-0.2, 0) is 4.74 Å². The molecule has 1 atom stereocenters. The lowest BCUT2D eigenvalue weighted by Gasteiger charge is -2.11. The zero-order chi connectivity index (χ0) is 12.3. The van der Waals surface area contributed by atoms with Crippen LogP contribution in [0.3, 0.4) is 0 Å². The third kappa shape index (κ3) is 2.94. The van der Waals surface area contributed by atoms with E-state index in [4.69, 9.17) is 10.5 Å². The number of hydrogen-bond acceptors (Lipinski definition) is 3. The first kappa shape index (κ1) is 11.9. The summed E-state index contributed by atoms with van der Waals surface area (Å²) >= 11 is 0. The van der Waals surface area contributed by atoms with Gasteiger partial charge in [0.05, 0.1) is 11.7 Å². The third-order valence-corrected chi connectivity index (χ3v) is 2.77. The summed E-state index contributed by atoms with van der Waals surface area (Å²) in [5.41, 5.74) is 6.02. The molecule has 1 amide bonds. The molecule has 1 unspecified atom stereocenters. The van der Waals surface area contributed by atoms with Gasteiger partial charge in [-0.1, -0.05) is 0 Å². The van der Waals surface area contributed by atoms with Gasteiger partial charge in [0.25, 0.3) is 5.91 Å². The molecule has 5 heteroatoms. The van der Waals surface area contributed by atoms with Crippen molar-refractivity contribution in [1.29, 1.82) is 0 Å². The molecule has 2 rings (SSSR count). The average molecular weight is 238 g/mol. The molecule has 17 heavy (non-hydrogen) atoms. The topological polar surface area (TPSA) is 64.4 Å². The van der Waals surface area contributed by atoms with E-state index in [1.165, 1.54) is 12.1 Å². The molecule has 0 aromatic heterocycles. The minimum absolute atomic E-state index is 0.0839. The summed E-state index contributed by atoms with van der Waals surface area (Å²) in [6.45, 7) is 1.22. The van der Waals surface area contributed by atoms with E-state index in [1.807, 2.05) is 0 Å². The molecule has 1 aliphatic rings. The Morgan fingerprint density at radius 3 is 3.06 bits per heavy atom. The van der Waals surface area contributed by atoms with Crippen molar-refractivity contribution in [3.05, 3.63) is 29.6 Å². The van der Waals surface area contributed by atoms with E-state index in [9.17, 15) is 9.18 Å². The second-order valence-corrected chi connectivity index (χ2v) is 4.08. The van der Waals surface area contributed by atoms with Crippen molar-refractivity contribution in [2.45, 2.75) is 18.9 Å². The van der Waals surface area contributed by atoms with Gasteiger partial charge in [0.15, 0.2) is 0 Å². The van der Waals surface area contributed by atoms with Crippen LogP contribution in [0.25, 0.3) is 0 Å². The summed E-state index contributed by atoms with van der Waals surface area (Å²) < 4.78 is 18.2. The Morgan fingerprint density at radius 2 is 2.41 bits per heavy atom. The smallest absolute Gasteiger partial charge is 0.253 e. The number of carbonyl (C=O) groups is 1.